The lowest BCUT2D eigenvalue weighted by molar-refractivity contribution is -0.118. The van der Waals surface area contributed by atoms with Gasteiger partial charge < -0.3 is 11.1 Å². The number of amides is 1. The van der Waals surface area contributed by atoms with Crippen molar-refractivity contribution in [3.8, 4) is 0 Å². The molecule has 20 heavy (non-hydrogen) atoms. The highest BCUT2D eigenvalue weighted by Crippen LogP contribution is 2.12. The first-order valence-electron chi connectivity index (χ1n) is 6.22. The Kier molecular flexibility index (Phi) is 4.79. The monoisotopic (exact) mass is 285 g/mol. The van der Waals surface area contributed by atoms with Crippen molar-refractivity contribution in [3.63, 3.8) is 0 Å². The topological polar surface area (TPSA) is 68.0 Å². The molecule has 4 nitrogen and oxygen atoms in total. The van der Waals surface area contributed by atoms with Crippen LogP contribution in [0.2, 0.25) is 0 Å². The van der Waals surface area contributed by atoms with E-state index < -0.39 is 5.92 Å². The Morgan fingerprint density at radius 2 is 1.90 bits per heavy atom. The number of hydrogen-bond acceptors (Lipinski definition) is 3. The molecule has 1 atom stereocenters. The molecule has 102 valence electrons. The van der Waals surface area contributed by atoms with E-state index in [-0.39, 0.29) is 10.9 Å². The highest BCUT2D eigenvalue weighted by atomic mass is 32.1. The highest BCUT2D eigenvalue weighted by molar-refractivity contribution is 7.80. The Labute approximate surface area is 123 Å². The molecule has 3 N–H and O–H groups in total. The molecule has 0 fully saturated rings. The quantitative estimate of drug-likeness (QED) is 0.826. The average molecular weight is 285 g/mol. The first kappa shape index (κ1) is 14.1. The van der Waals surface area contributed by atoms with Crippen LogP contribution in [0, 0.1) is 5.92 Å². The van der Waals surface area contributed by atoms with Crippen LogP contribution in [0.5, 0.6) is 0 Å². The smallest absolute Gasteiger partial charge is 0.235 e. The summed E-state index contributed by atoms with van der Waals surface area (Å²) in [4.78, 5) is 16.5. The number of carbonyl (C=O) groups is 1. The second-order valence-electron chi connectivity index (χ2n) is 4.35. The van der Waals surface area contributed by atoms with Gasteiger partial charge in [0.05, 0.1) is 10.9 Å². The molecule has 0 bridgehead atoms. The fourth-order valence-electron chi connectivity index (χ4n) is 1.82. The number of nitrogens with one attached hydrogen (secondary N) is 1. The molecule has 0 saturated carbocycles. The summed E-state index contributed by atoms with van der Waals surface area (Å²) in [6, 6.07) is 15.0. The van der Waals surface area contributed by atoms with Crippen LogP contribution in [0.25, 0.3) is 0 Å². The van der Waals surface area contributed by atoms with Crippen molar-refractivity contribution in [2.75, 3.05) is 5.32 Å². The van der Waals surface area contributed by atoms with Crippen LogP contribution in [0.4, 0.5) is 5.82 Å². The SMILES string of the molecule is NC(=S)C(Cc1ccccc1)C(=O)Nc1ccccn1. The van der Waals surface area contributed by atoms with Gasteiger partial charge in [0.15, 0.2) is 0 Å². The van der Waals surface area contributed by atoms with Crippen LogP contribution < -0.4 is 11.1 Å². The molecule has 1 amide bonds. The summed E-state index contributed by atoms with van der Waals surface area (Å²) in [5, 5.41) is 2.73. The van der Waals surface area contributed by atoms with Gasteiger partial charge in [-0.05, 0) is 24.1 Å². The standard InChI is InChI=1S/C15H15N3OS/c16-14(20)12(10-11-6-2-1-3-7-11)15(19)18-13-8-4-5-9-17-13/h1-9,12H,10H2,(H2,16,20)(H,17,18,19). The van der Waals surface area contributed by atoms with E-state index in [4.69, 9.17) is 18.0 Å². The number of anilines is 1. The Hall–Kier alpha value is -2.27. The van der Waals surface area contributed by atoms with E-state index in [1.807, 2.05) is 30.3 Å². The summed E-state index contributed by atoms with van der Waals surface area (Å²) >= 11 is 5.01. The van der Waals surface area contributed by atoms with Crippen molar-refractivity contribution >= 4 is 28.9 Å². The average Bonchev–Trinajstić information content (AvgIpc) is 2.46. The summed E-state index contributed by atoms with van der Waals surface area (Å²) in [5.41, 5.74) is 6.70. The molecule has 1 heterocycles. The van der Waals surface area contributed by atoms with Crippen molar-refractivity contribution in [3.05, 3.63) is 60.3 Å². The van der Waals surface area contributed by atoms with E-state index in [2.05, 4.69) is 10.3 Å². The van der Waals surface area contributed by atoms with Crippen LogP contribution in [0.15, 0.2) is 54.7 Å². The van der Waals surface area contributed by atoms with Crippen molar-refractivity contribution < 1.29 is 4.79 Å². The summed E-state index contributed by atoms with van der Waals surface area (Å²) in [6.45, 7) is 0. The molecule has 2 aromatic rings. The van der Waals surface area contributed by atoms with Crippen LogP contribution in [-0.2, 0) is 11.2 Å². The third kappa shape index (κ3) is 3.86. The van der Waals surface area contributed by atoms with Crippen LogP contribution >= 0.6 is 12.2 Å². The number of rotatable bonds is 5. The Bertz CT molecular complexity index is 587. The van der Waals surface area contributed by atoms with Gasteiger partial charge in [-0.3, -0.25) is 4.79 Å². The molecule has 0 radical (unpaired) electrons. The number of hydrogen-bond donors (Lipinski definition) is 2. The second kappa shape index (κ2) is 6.77. The largest absolute Gasteiger partial charge is 0.393 e. The lowest BCUT2D eigenvalue weighted by atomic mass is 9.98. The molecule has 0 aliphatic carbocycles. The summed E-state index contributed by atoms with van der Waals surface area (Å²) in [5.74, 6) is -0.290. The van der Waals surface area contributed by atoms with E-state index >= 15 is 0 Å². The van der Waals surface area contributed by atoms with E-state index in [9.17, 15) is 4.79 Å². The van der Waals surface area contributed by atoms with Gasteiger partial charge in [-0.25, -0.2) is 4.98 Å². The zero-order valence-electron chi connectivity index (χ0n) is 10.8. The maximum absolute atomic E-state index is 12.2. The van der Waals surface area contributed by atoms with Crippen molar-refractivity contribution in [2.45, 2.75) is 6.42 Å². The van der Waals surface area contributed by atoms with Gasteiger partial charge in [-0.15, -0.1) is 0 Å². The molecule has 1 unspecified atom stereocenters. The molecule has 0 aliphatic rings. The lowest BCUT2D eigenvalue weighted by Gasteiger charge is -2.15. The van der Waals surface area contributed by atoms with Gasteiger partial charge in [0.2, 0.25) is 5.91 Å². The van der Waals surface area contributed by atoms with Gasteiger partial charge in [0, 0.05) is 6.20 Å². The van der Waals surface area contributed by atoms with Gasteiger partial charge in [-0.1, -0.05) is 48.6 Å². The molecule has 2 rings (SSSR count). The summed E-state index contributed by atoms with van der Waals surface area (Å²) < 4.78 is 0. The third-order valence-corrected chi connectivity index (χ3v) is 3.14. The highest BCUT2D eigenvalue weighted by Gasteiger charge is 2.22. The first-order chi connectivity index (χ1) is 9.66. The third-order valence-electron chi connectivity index (χ3n) is 2.86. The van der Waals surface area contributed by atoms with Gasteiger partial charge in [0.25, 0.3) is 0 Å². The number of benzene rings is 1. The predicted molar refractivity (Wildman–Crippen MR) is 83.3 cm³/mol. The van der Waals surface area contributed by atoms with Crippen LogP contribution in [0.3, 0.4) is 0 Å². The number of nitrogens with two attached hydrogens (primary N) is 1. The Morgan fingerprint density at radius 1 is 1.20 bits per heavy atom. The minimum atomic E-state index is -0.547. The van der Waals surface area contributed by atoms with Gasteiger partial charge >= 0.3 is 0 Å². The maximum atomic E-state index is 12.2. The zero-order valence-corrected chi connectivity index (χ0v) is 11.6. The predicted octanol–water partition coefficient (Wildman–Crippen LogP) is 2.17. The first-order valence-corrected chi connectivity index (χ1v) is 6.63. The lowest BCUT2D eigenvalue weighted by Crippen LogP contribution is -2.35. The minimum Gasteiger partial charge on any atom is -0.393 e. The van der Waals surface area contributed by atoms with Crippen molar-refractivity contribution in [1.82, 2.24) is 4.98 Å². The Morgan fingerprint density at radius 3 is 2.50 bits per heavy atom. The molecule has 0 spiro atoms. The molecule has 0 saturated heterocycles. The van der Waals surface area contributed by atoms with E-state index in [1.54, 1.807) is 24.4 Å². The summed E-state index contributed by atoms with van der Waals surface area (Å²) in [7, 11) is 0. The van der Waals surface area contributed by atoms with Crippen molar-refractivity contribution in [1.29, 1.82) is 0 Å². The van der Waals surface area contributed by atoms with Gasteiger partial charge in [0.1, 0.15) is 5.82 Å². The molecule has 1 aromatic heterocycles. The number of thiocarbonyl (C=S) groups is 1. The maximum Gasteiger partial charge on any atom is 0.235 e. The molecular formula is C15H15N3OS. The molecule has 5 heteroatoms. The van der Waals surface area contributed by atoms with Crippen LogP contribution in [-0.4, -0.2) is 15.9 Å². The van der Waals surface area contributed by atoms with E-state index in [1.165, 1.54) is 0 Å². The summed E-state index contributed by atoms with van der Waals surface area (Å²) in [6.07, 6.45) is 2.09. The number of pyridine rings is 1. The van der Waals surface area contributed by atoms with E-state index in [0.29, 0.717) is 12.2 Å². The minimum absolute atomic E-state index is 0.183. The second-order valence-corrected chi connectivity index (χ2v) is 4.82. The fourth-order valence-corrected chi connectivity index (χ4v) is 2.01. The van der Waals surface area contributed by atoms with E-state index in [0.717, 1.165) is 5.56 Å². The fraction of sp³-hybridized carbons (Fsp3) is 0.133. The molecule has 1 aromatic carbocycles. The molecular weight excluding hydrogens is 270 g/mol. The van der Waals surface area contributed by atoms with Crippen LogP contribution in [0.1, 0.15) is 5.56 Å². The van der Waals surface area contributed by atoms with Gasteiger partial charge in [-0.2, -0.15) is 0 Å². The number of carbonyl (C=O) groups excluding carboxylic acids is 1. The Balaban J connectivity index is 2.09. The van der Waals surface area contributed by atoms with Crippen molar-refractivity contribution in [2.24, 2.45) is 11.7 Å². The normalized spacial score (nSPS) is 11.6. The number of nitrogens with zero attached hydrogens (tertiary/aromatic N) is 1. The number of aromatic nitrogens is 1. The molecule has 0 aliphatic heterocycles. The zero-order chi connectivity index (χ0) is 14.4.